The Balaban J connectivity index is 2.39. The molecule has 1 aromatic carbocycles. The highest BCUT2D eigenvalue weighted by Gasteiger charge is 2.36. The van der Waals surface area contributed by atoms with Gasteiger partial charge in [-0.1, -0.05) is 0 Å². The number of ether oxygens (including phenoxy) is 1. The van der Waals surface area contributed by atoms with Crippen molar-refractivity contribution in [3.05, 3.63) is 29.3 Å². The van der Waals surface area contributed by atoms with Gasteiger partial charge in [-0.15, -0.1) is 0 Å². The first kappa shape index (κ1) is 15.8. The molecule has 0 saturated carbocycles. The van der Waals surface area contributed by atoms with Crippen LogP contribution in [0.25, 0.3) is 0 Å². The second-order valence-electron chi connectivity index (χ2n) is 5.96. The number of alkyl halides is 3. The number of hydrogen-bond donors (Lipinski definition) is 0. The van der Waals surface area contributed by atoms with E-state index in [0.29, 0.717) is 18.8 Å². The number of anilines is 1. The van der Waals surface area contributed by atoms with Crippen molar-refractivity contribution in [2.75, 3.05) is 18.0 Å². The summed E-state index contributed by atoms with van der Waals surface area (Å²) in [6.45, 7) is 6.70. The fourth-order valence-corrected chi connectivity index (χ4v) is 2.74. The number of benzene rings is 1. The number of halogens is 3. The van der Waals surface area contributed by atoms with Crippen molar-refractivity contribution in [1.82, 2.24) is 0 Å². The third-order valence-electron chi connectivity index (χ3n) is 3.40. The molecule has 1 fully saturated rings. The molecule has 6 heteroatoms. The topological polar surface area (TPSA) is 29.5 Å². The summed E-state index contributed by atoms with van der Waals surface area (Å²) in [5.41, 5.74) is -1.21. The van der Waals surface area contributed by atoms with Crippen LogP contribution in [0.5, 0.6) is 0 Å². The van der Waals surface area contributed by atoms with Crippen LogP contribution < -0.4 is 4.90 Å². The quantitative estimate of drug-likeness (QED) is 0.783. The minimum absolute atomic E-state index is 0.0752. The molecule has 0 aliphatic carbocycles. The van der Waals surface area contributed by atoms with E-state index >= 15 is 0 Å². The van der Waals surface area contributed by atoms with Gasteiger partial charge in [0.25, 0.3) is 0 Å². The highest BCUT2D eigenvalue weighted by molar-refractivity contribution is 5.79. The maximum atomic E-state index is 13.0. The van der Waals surface area contributed by atoms with E-state index in [1.807, 2.05) is 25.7 Å². The lowest BCUT2D eigenvalue weighted by Crippen LogP contribution is -2.52. The second kappa shape index (κ2) is 5.33. The molecule has 0 spiro atoms. The Morgan fingerprint density at radius 1 is 1.38 bits per heavy atom. The van der Waals surface area contributed by atoms with Gasteiger partial charge in [-0.05, 0) is 39.0 Å². The van der Waals surface area contributed by atoms with Gasteiger partial charge in [0.2, 0.25) is 0 Å². The van der Waals surface area contributed by atoms with Crippen molar-refractivity contribution in [3.8, 4) is 0 Å². The van der Waals surface area contributed by atoms with Gasteiger partial charge in [0.1, 0.15) is 0 Å². The Labute approximate surface area is 121 Å². The Kier molecular flexibility index (Phi) is 4.02. The van der Waals surface area contributed by atoms with E-state index in [1.165, 1.54) is 6.07 Å². The maximum Gasteiger partial charge on any atom is 0.417 e. The van der Waals surface area contributed by atoms with E-state index in [4.69, 9.17) is 4.74 Å². The lowest BCUT2D eigenvalue weighted by molar-refractivity contribution is -0.137. The standard InChI is InChI=1S/C15H18F3NO2/c1-10-7-19(9-14(2,3)21-10)12-5-4-11(8-20)13(6-12)15(16,17)18/h4-6,8,10H,7,9H2,1-3H3. The highest BCUT2D eigenvalue weighted by atomic mass is 19.4. The maximum absolute atomic E-state index is 13.0. The minimum atomic E-state index is -4.54. The fourth-order valence-electron chi connectivity index (χ4n) is 2.74. The lowest BCUT2D eigenvalue weighted by Gasteiger charge is -2.43. The van der Waals surface area contributed by atoms with Gasteiger partial charge in [-0.25, -0.2) is 0 Å². The van der Waals surface area contributed by atoms with Crippen molar-refractivity contribution in [1.29, 1.82) is 0 Å². The van der Waals surface area contributed by atoms with Crippen molar-refractivity contribution < 1.29 is 22.7 Å². The average Bonchev–Trinajstić information content (AvgIpc) is 2.34. The van der Waals surface area contributed by atoms with E-state index in [2.05, 4.69) is 0 Å². The minimum Gasteiger partial charge on any atom is -0.369 e. The summed E-state index contributed by atoms with van der Waals surface area (Å²) in [7, 11) is 0. The Hall–Kier alpha value is -1.56. The molecule has 0 N–H and O–H groups in total. The van der Waals surface area contributed by atoms with Gasteiger partial charge in [0.05, 0.1) is 17.3 Å². The van der Waals surface area contributed by atoms with Crippen LogP contribution in [0.4, 0.5) is 18.9 Å². The third kappa shape index (κ3) is 3.56. The van der Waals surface area contributed by atoms with Gasteiger partial charge >= 0.3 is 6.18 Å². The number of rotatable bonds is 2. The second-order valence-corrected chi connectivity index (χ2v) is 5.96. The molecule has 2 rings (SSSR count). The normalized spacial score (nSPS) is 22.2. The molecule has 1 heterocycles. The van der Waals surface area contributed by atoms with Crippen LogP contribution in [-0.4, -0.2) is 31.1 Å². The lowest BCUT2D eigenvalue weighted by atomic mass is 10.0. The van der Waals surface area contributed by atoms with Crippen molar-refractivity contribution >= 4 is 12.0 Å². The summed E-state index contributed by atoms with van der Waals surface area (Å²) in [6.07, 6.45) is -4.38. The molecular weight excluding hydrogens is 283 g/mol. The number of hydrogen-bond acceptors (Lipinski definition) is 3. The zero-order valence-electron chi connectivity index (χ0n) is 12.2. The third-order valence-corrected chi connectivity index (χ3v) is 3.40. The van der Waals surface area contributed by atoms with Crippen molar-refractivity contribution in [2.45, 2.75) is 38.7 Å². The molecular formula is C15H18F3NO2. The number of nitrogens with zero attached hydrogens (tertiary/aromatic N) is 1. The van der Waals surface area contributed by atoms with Gasteiger partial charge in [0.15, 0.2) is 6.29 Å². The van der Waals surface area contributed by atoms with E-state index < -0.39 is 17.3 Å². The number of carbonyl (C=O) groups is 1. The molecule has 3 nitrogen and oxygen atoms in total. The van der Waals surface area contributed by atoms with Crippen LogP contribution in [-0.2, 0) is 10.9 Å². The molecule has 1 saturated heterocycles. The van der Waals surface area contributed by atoms with Crippen molar-refractivity contribution in [2.24, 2.45) is 0 Å². The number of carbonyl (C=O) groups excluding carboxylic acids is 1. The van der Waals surface area contributed by atoms with Crippen LogP contribution in [0.3, 0.4) is 0 Å². The Morgan fingerprint density at radius 2 is 2.05 bits per heavy atom. The smallest absolute Gasteiger partial charge is 0.369 e. The highest BCUT2D eigenvalue weighted by Crippen LogP contribution is 2.35. The zero-order valence-corrected chi connectivity index (χ0v) is 12.2. The molecule has 1 unspecified atom stereocenters. The van der Waals surface area contributed by atoms with Crippen LogP contribution in [0, 0.1) is 0 Å². The number of aldehydes is 1. The Bertz CT molecular complexity index is 540. The van der Waals surface area contributed by atoms with Crippen LogP contribution in [0.15, 0.2) is 18.2 Å². The molecule has 21 heavy (non-hydrogen) atoms. The molecule has 116 valence electrons. The van der Waals surface area contributed by atoms with Crippen LogP contribution in [0.1, 0.15) is 36.7 Å². The largest absolute Gasteiger partial charge is 0.417 e. The average molecular weight is 301 g/mol. The molecule has 0 radical (unpaired) electrons. The summed E-state index contributed by atoms with van der Waals surface area (Å²) in [6, 6.07) is 3.81. The summed E-state index contributed by atoms with van der Waals surface area (Å²) >= 11 is 0. The van der Waals surface area contributed by atoms with Crippen LogP contribution in [0.2, 0.25) is 0 Å². The molecule has 1 aliphatic heterocycles. The number of morpholine rings is 1. The van der Waals surface area contributed by atoms with Gasteiger partial charge in [-0.2, -0.15) is 13.2 Å². The first-order valence-electron chi connectivity index (χ1n) is 6.71. The molecule has 1 atom stereocenters. The van der Waals surface area contributed by atoms with E-state index in [1.54, 1.807) is 6.07 Å². The SMILES string of the molecule is CC1CN(c2ccc(C=O)c(C(F)(F)F)c2)CC(C)(C)O1. The van der Waals surface area contributed by atoms with E-state index in [0.717, 1.165) is 6.07 Å². The molecule has 1 aromatic rings. The zero-order chi connectivity index (χ0) is 15.8. The first-order chi connectivity index (χ1) is 9.62. The molecule has 0 bridgehead atoms. The van der Waals surface area contributed by atoms with Crippen LogP contribution >= 0.6 is 0 Å². The predicted octanol–water partition coefficient (Wildman–Crippen LogP) is 3.52. The molecule has 0 aromatic heterocycles. The molecule has 1 aliphatic rings. The van der Waals surface area contributed by atoms with Crippen molar-refractivity contribution in [3.63, 3.8) is 0 Å². The van der Waals surface area contributed by atoms with Gasteiger partial charge in [-0.3, -0.25) is 4.79 Å². The first-order valence-corrected chi connectivity index (χ1v) is 6.71. The summed E-state index contributed by atoms with van der Waals surface area (Å²) in [5, 5.41) is 0. The fraction of sp³-hybridized carbons (Fsp3) is 0.533. The summed E-state index contributed by atoms with van der Waals surface area (Å²) in [5.74, 6) is 0. The van der Waals surface area contributed by atoms with Gasteiger partial charge < -0.3 is 9.64 Å². The monoisotopic (exact) mass is 301 g/mol. The Morgan fingerprint density at radius 3 is 2.57 bits per heavy atom. The summed E-state index contributed by atoms with van der Waals surface area (Å²) < 4.78 is 44.8. The summed E-state index contributed by atoms with van der Waals surface area (Å²) in [4.78, 5) is 12.6. The van der Waals surface area contributed by atoms with E-state index in [-0.39, 0.29) is 18.0 Å². The molecule has 0 amide bonds. The van der Waals surface area contributed by atoms with E-state index in [9.17, 15) is 18.0 Å². The van der Waals surface area contributed by atoms with Gasteiger partial charge in [0, 0.05) is 24.3 Å². The predicted molar refractivity (Wildman–Crippen MR) is 73.7 cm³/mol.